The Morgan fingerprint density at radius 2 is 2.50 bits per heavy atom. The second-order valence-corrected chi connectivity index (χ2v) is 6.63. The first-order valence-electron chi connectivity index (χ1n) is 5.17. The van der Waals surface area contributed by atoms with Gasteiger partial charge in [0.05, 0.1) is 6.26 Å². The van der Waals surface area contributed by atoms with Crippen molar-refractivity contribution < 1.29 is 8.42 Å². The van der Waals surface area contributed by atoms with Crippen LogP contribution in [-0.4, -0.2) is 38.8 Å². The van der Waals surface area contributed by atoms with Crippen molar-refractivity contribution in [3.8, 4) is 0 Å². The van der Waals surface area contributed by atoms with Crippen molar-refractivity contribution in [1.82, 2.24) is 9.71 Å². The molecule has 1 fully saturated rings. The molecule has 0 spiro atoms. The average Bonchev–Trinajstić information content (AvgIpc) is 2.84. The van der Waals surface area contributed by atoms with E-state index in [2.05, 4.69) is 14.6 Å². The van der Waals surface area contributed by atoms with Crippen LogP contribution in [0.15, 0.2) is 11.6 Å². The second kappa shape index (κ2) is 4.68. The van der Waals surface area contributed by atoms with E-state index in [1.165, 1.54) is 6.26 Å². The zero-order valence-electron chi connectivity index (χ0n) is 9.09. The lowest BCUT2D eigenvalue weighted by molar-refractivity contribution is 0.572. The largest absolute Gasteiger partial charge is 0.344 e. The Kier molecular flexibility index (Phi) is 3.46. The number of hydrogen-bond acceptors (Lipinski definition) is 5. The predicted octanol–water partition coefficient (Wildman–Crippen LogP) is 0.661. The lowest BCUT2D eigenvalue weighted by Crippen LogP contribution is -2.39. The van der Waals surface area contributed by atoms with Crippen LogP contribution in [0.25, 0.3) is 0 Å². The summed E-state index contributed by atoms with van der Waals surface area (Å²) < 4.78 is 24.6. The molecule has 16 heavy (non-hydrogen) atoms. The Balaban J connectivity index is 1.99. The summed E-state index contributed by atoms with van der Waals surface area (Å²) in [5.41, 5.74) is 0. The van der Waals surface area contributed by atoms with Gasteiger partial charge in [-0.1, -0.05) is 0 Å². The maximum absolute atomic E-state index is 11.0. The van der Waals surface area contributed by atoms with Crippen LogP contribution in [-0.2, 0) is 10.0 Å². The van der Waals surface area contributed by atoms with Gasteiger partial charge in [-0.05, 0) is 12.8 Å². The molecule has 2 heterocycles. The molecular formula is C9H15N3O2S2. The van der Waals surface area contributed by atoms with Gasteiger partial charge in [0.1, 0.15) is 0 Å². The Bertz CT molecular complexity index is 430. The molecular weight excluding hydrogens is 246 g/mol. The van der Waals surface area contributed by atoms with E-state index in [9.17, 15) is 8.42 Å². The molecule has 5 nitrogen and oxygen atoms in total. The lowest BCUT2D eigenvalue weighted by atomic mass is 10.2. The third kappa shape index (κ3) is 2.93. The fraction of sp³-hybridized carbons (Fsp3) is 0.667. The van der Waals surface area contributed by atoms with Gasteiger partial charge < -0.3 is 4.90 Å². The Hall–Kier alpha value is -0.660. The standard InChI is InChI=1S/C9H15N3O2S2/c1-16(13,14)11-7-8-3-2-5-12(8)9-10-4-6-15-9/h4,6,8,11H,2-3,5,7H2,1H3/t8-/m1/s1. The number of hydrogen-bond donors (Lipinski definition) is 1. The fourth-order valence-corrected chi connectivity index (χ4v) is 3.14. The molecule has 0 unspecified atom stereocenters. The van der Waals surface area contributed by atoms with Crippen LogP contribution in [0, 0.1) is 0 Å². The fourth-order valence-electron chi connectivity index (χ4n) is 1.91. The molecule has 1 aromatic rings. The molecule has 1 N–H and O–H groups in total. The SMILES string of the molecule is CS(=O)(=O)NC[C@H]1CCCN1c1nccs1. The highest BCUT2D eigenvalue weighted by atomic mass is 32.2. The molecule has 2 rings (SSSR count). The third-order valence-electron chi connectivity index (χ3n) is 2.62. The third-order valence-corrected chi connectivity index (χ3v) is 4.12. The maximum atomic E-state index is 11.0. The van der Waals surface area contributed by atoms with Crippen molar-refractivity contribution in [3.63, 3.8) is 0 Å². The number of anilines is 1. The molecule has 0 saturated carbocycles. The monoisotopic (exact) mass is 261 g/mol. The van der Waals surface area contributed by atoms with E-state index in [0.29, 0.717) is 6.54 Å². The van der Waals surface area contributed by atoms with Gasteiger partial charge in [-0.3, -0.25) is 0 Å². The van der Waals surface area contributed by atoms with Crippen LogP contribution in [0.4, 0.5) is 5.13 Å². The normalized spacial score (nSPS) is 21.6. The van der Waals surface area contributed by atoms with Crippen LogP contribution in [0.2, 0.25) is 0 Å². The molecule has 0 amide bonds. The summed E-state index contributed by atoms with van der Waals surface area (Å²) in [6.45, 7) is 1.43. The summed E-state index contributed by atoms with van der Waals surface area (Å²) >= 11 is 1.59. The Morgan fingerprint density at radius 3 is 3.12 bits per heavy atom. The summed E-state index contributed by atoms with van der Waals surface area (Å²) in [6, 6.07) is 0.237. The van der Waals surface area contributed by atoms with Crippen molar-refractivity contribution in [2.45, 2.75) is 18.9 Å². The lowest BCUT2D eigenvalue weighted by Gasteiger charge is -2.23. The zero-order chi connectivity index (χ0) is 11.6. The molecule has 0 aromatic carbocycles. The number of nitrogens with zero attached hydrogens (tertiary/aromatic N) is 2. The van der Waals surface area contributed by atoms with Gasteiger partial charge in [0, 0.05) is 30.7 Å². The molecule has 1 aliphatic rings. The average molecular weight is 261 g/mol. The van der Waals surface area contributed by atoms with Crippen molar-refractivity contribution >= 4 is 26.5 Å². The molecule has 0 bridgehead atoms. The molecule has 1 saturated heterocycles. The summed E-state index contributed by atoms with van der Waals surface area (Å²) in [6.07, 6.45) is 5.08. The van der Waals surface area contributed by atoms with Gasteiger partial charge in [0.2, 0.25) is 10.0 Å². The number of thiazole rings is 1. The van der Waals surface area contributed by atoms with Crippen LogP contribution >= 0.6 is 11.3 Å². The van der Waals surface area contributed by atoms with E-state index in [1.54, 1.807) is 17.5 Å². The molecule has 7 heteroatoms. The molecule has 1 aliphatic heterocycles. The van der Waals surface area contributed by atoms with Crippen LogP contribution in [0.3, 0.4) is 0 Å². The van der Waals surface area contributed by atoms with Crippen LogP contribution < -0.4 is 9.62 Å². The molecule has 0 radical (unpaired) electrons. The second-order valence-electron chi connectivity index (χ2n) is 3.92. The van der Waals surface area contributed by atoms with Crippen molar-refractivity contribution in [2.75, 3.05) is 24.2 Å². The molecule has 1 atom stereocenters. The van der Waals surface area contributed by atoms with Crippen molar-refractivity contribution in [3.05, 3.63) is 11.6 Å². The summed E-state index contributed by atoms with van der Waals surface area (Å²) in [7, 11) is -3.10. The number of rotatable bonds is 4. The zero-order valence-corrected chi connectivity index (χ0v) is 10.7. The van der Waals surface area contributed by atoms with Crippen LogP contribution in [0.1, 0.15) is 12.8 Å². The van der Waals surface area contributed by atoms with E-state index in [1.807, 2.05) is 5.38 Å². The van der Waals surface area contributed by atoms with Crippen molar-refractivity contribution in [1.29, 1.82) is 0 Å². The van der Waals surface area contributed by atoms with E-state index in [-0.39, 0.29) is 6.04 Å². The summed E-state index contributed by atoms with van der Waals surface area (Å²) in [4.78, 5) is 6.44. The quantitative estimate of drug-likeness (QED) is 0.865. The molecule has 1 aromatic heterocycles. The Morgan fingerprint density at radius 1 is 1.69 bits per heavy atom. The first kappa shape index (κ1) is 11.8. The van der Waals surface area contributed by atoms with Gasteiger partial charge >= 0.3 is 0 Å². The minimum Gasteiger partial charge on any atom is -0.344 e. The number of aromatic nitrogens is 1. The first-order chi connectivity index (χ1) is 7.56. The van der Waals surface area contributed by atoms with E-state index in [0.717, 1.165) is 24.5 Å². The van der Waals surface area contributed by atoms with Crippen molar-refractivity contribution in [2.24, 2.45) is 0 Å². The van der Waals surface area contributed by atoms with Gasteiger partial charge in [-0.15, -0.1) is 11.3 Å². The maximum Gasteiger partial charge on any atom is 0.208 e. The minimum absolute atomic E-state index is 0.237. The van der Waals surface area contributed by atoms with E-state index >= 15 is 0 Å². The number of sulfonamides is 1. The summed E-state index contributed by atoms with van der Waals surface area (Å²) in [5.74, 6) is 0. The Labute approximate surface area is 99.5 Å². The number of nitrogens with one attached hydrogen (secondary N) is 1. The topological polar surface area (TPSA) is 62.3 Å². The minimum atomic E-state index is -3.10. The van der Waals surface area contributed by atoms with E-state index in [4.69, 9.17) is 0 Å². The highest BCUT2D eigenvalue weighted by molar-refractivity contribution is 7.88. The summed E-state index contributed by atoms with van der Waals surface area (Å²) in [5, 5.41) is 2.92. The first-order valence-corrected chi connectivity index (χ1v) is 7.94. The van der Waals surface area contributed by atoms with Gasteiger partial charge in [-0.2, -0.15) is 0 Å². The molecule has 0 aliphatic carbocycles. The van der Waals surface area contributed by atoms with Gasteiger partial charge in [-0.25, -0.2) is 18.1 Å². The highest BCUT2D eigenvalue weighted by Gasteiger charge is 2.26. The van der Waals surface area contributed by atoms with Gasteiger partial charge in [0.15, 0.2) is 5.13 Å². The van der Waals surface area contributed by atoms with Crippen LogP contribution in [0.5, 0.6) is 0 Å². The predicted molar refractivity (Wildman–Crippen MR) is 65.3 cm³/mol. The highest BCUT2D eigenvalue weighted by Crippen LogP contribution is 2.26. The smallest absolute Gasteiger partial charge is 0.208 e. The van der Waals surface area contributed by atoms with E-state index < -0.39 is 10.0 Å². The molecule has 90 valence electrons. The van der Waals surface area contributed by atoms with Gasteiger partial charge in [0.25, 0.3) is 0 Å².